The van der Waals surface area contributed by atoms with Crippen molar-refractivity contribution in [3.05, 3.63) is 83.4 Å². The van der Waals surface area contributed by atoms with E-state index >= 15 is 0 Å². The second-order valence-corrected chi connectivity index (χ2v) is 8.98. The molecule has 0 radical (unpaired) electrons. The van der Waals surface area contributed by atoms with Gasteiger partial charge >= 0.3 is 0 Å². The Morgan fingerprint density at radius 2 is 1.74 bits per heavy atom. The van der Waals surface area contributed by atoms with Crippen molar-refractivity contribution in [2.45, 2.75) is 11.0 Å². The lowest BCUT2D eigenvalue weighted by Gasteiger charge is -2.34. The normalized spacial score (nSPS) is 15.7. The Morgan fingerprint density at radius 3 is 2.45 bits per heavy atom. The number of benzene rings is 3. The maximum atomic E-state index is 13.4. The highest BCUT2D eigenvalue weighted by Crippen LogP contribution is 2.37. The van der Waals surface area contributed by atoms with E-state index in [1.165, 1.54) is 36.4 Å². The van der Waals surface area contributed by atoms with Crippen molar-refractivity contribution in [1.29, 1.82) is 0 Å². The maximum Gasteiger partial charge on any atom is 0.267 e. The van der Waals surface area contributed by atoms with Gasteiger partial charge in [0.15, 0.2) is 17.7 Å². The molecule has 3 aromatic carbocycles. The Morgan fingerprint density at radius 1 is 1.03 bits per heavy atom. The third-order valence-corrected chi connectivity index (χ3v) is 6.66. The number of hydrogen-bond donors (Lipinski definition) is 1. The molecule has 160 valence electrons. The molecule has 0 bridgehead atoms. The summed E-state index contributed by atoms with van der Waals surface area (Å²) in [6.45, 7) is -0.322. The molecule has 1 N–H and O–H groups in total. The Kier molecular flexibility index (Phi) is 5.55. The molecule has 0 saturated heterocycles. The monoisotopic (exact) mass is 464 g/mol. The van der Waals surface area contributed by atoms with E-state index in [-0.39, 0.29) is 28.6 Å². The minimum absolute atomic E-state index is 0.00614. The molecule has 31 heavy (non-hydrogen) atoms. The van der Waals surface area contributed by atoms with E-state index in [1.54, 1.807) is 18.2 Å². The first-order valence-electron chi connectivity index (χ1n) is 9.05. The van der Waals surface area contributed by atoms with Crippen LogP contribution >= 0.6 is 11.6 Å². The maximum absolute atomic E-state index is 13.4. The second-order valence-electron chi connectivity index (χ2n) is 6.68. The first-order chi connectivity index (χ1) is 14.8. The van der Waals surface area contributed by atoms with Crippen LogP contribution in [0.1, 0.15) is 0 Å². The number of anilines is 2. The van der Waals surface area contributed by atoms with Crippen LogP contribution in [-0.4, -0.2) is 27.0 Å². The number of rotatable bonds is 4. The molecule has 1 aliphatic rings. The minimum atomic E-state index is -4.04. The Hall–Kier alpha value is -3.17. The molecule has 1 heterocycles. The minimum Gasteiger partial charge on any atom is -0.476 e. The van der Waals surface area contributed by atoms with Crippen LogP contribution in [0.3, 0.4) is 0 Å². The number of sulfonamides is 1. The summed E-state index contributed by atoms with van der Waals surface area (Å²) >= 11 is 5.86. The standard InChI is InChI=1S/C21H15ClF2N2O4S/c22-13-5-8-15(9-6-13)31(28,29)26-12-20(30-19-4-2-1-3-18(19)26)21(27)25-14-7-10-16(23)17(24)11-14/h1-11,20H,12H2,(H,25,27)/t20-/m0/s1. The lowest BCUT2D eigenvalue weighted by molar-refractivity contribution is -0.122. The number of carbonyl (C=O) groups is 1. The van der Waals surface area contributed by atoms with Crippen LogP contribution in [-0.2, 0) is 14.8 Å². The molecule has 0 fully saturated rings. The van der Waals surface area contributed by atoms with Crippen molar-refractivity contribution in [3.63, 3.8) is 0 Å². The Bertz CT molecular complexity index is 1250. The molecular formula is C21H15ClF2N2O4S. The molecule has 0 unspecified atom stereocenters. The van der Waals surface area contributed by atoms with E-state index in [0.717, 1.165) is 16.4 Å². The quantitative estimate of drug-likeness (QED) is 0.627. The van der Waals surface area contributed by atoms with E-state index in [2.05, 4.69) is 5.32 Å². The average Bonchev–Trinajstić information content (AvgIpc) is 2.75. The van der Waals surface area contributed by atoms with Crippen LogP contribution in [0.4, 0.5) is 20.2 Å². The van der Waals surface area contributed by atoms with Gasteiger partial charge in [0.25, 0.3) is 15.9 Å². The first-order valence-corrected chi connectivity index (χ1v) is 10.9. The number of amides is 1. The van der Waals surface area contributed by atoms with E-state index in [0.29, 0.717) is 5.02 Å². The molecular weight excluding hydrogens is 450 g/mol. The van der Waals surface area contributed by atoms with Gasteiger partial charge in [0.2, 0.25) is 0 Å². The molecule has 0 spiro atoms. The molecule has 10 heteroatoms. The predicted octanol–water partition coefficient (Wildman–Crippen LogP) is 4.21. The van der Waals surface area contributed by atoms with Gasteiger partial charge in [-0.25, -0.2) is 17.2 Å². The highest BCUT2D eigenvalue weighted by molar-refractivity contribution is 7.92. The van der Waals surface area contributed by atoms with Crippen molar-refractivity contribution in [3.8, 4) is 5.75 Å². The summed E-state index contributed by atoms with van der Waals surface area (Å²) in [5.74, 6) is -2.70. The summed E-state index contributed by atoms with van der Waals surface area (Å²) in [6.07, 6.45) is -1.23. The van der Waals surface area contributed by atoms with Gasteiger partial charge in [-0.05, 0) is 48.5 Å². The number of nitrogens with one attached hydrogen (secondary N) is 1. The molecule has 0 saturated carbocycles. The van der Waals surface area contributed by atoms with Crippen LogP contribution in [0.5, 0.6) is 5.75 Å². The lowest BCUT2D eigenvalue weighted by Crippen LogP contribution is -2.48. The van der Waals surface area contributed by atoms with E-state index in [4.69, 9.17) is 16.3 Å². The summed E-state index contributed by atoms with van der Waals surface area (Å²) in [6, 6.07) is 14.9. The summed E-state index contributed by atoms with van der Waals surface area (Å²) in [5.41, 5.74) is 0.285. The van der Waals surface area contributed by atoms with Crippen molar-refractivity contribution in [2.75, 3.05) is 16.2 Å². The molecule has 1 amide bonds. The number of ether oxygens (including phenoxy) is 1. The molecule has 1 aliphatic heterocycles. The third kappa shape index (κ3) is 4.19. The zero-order chi connectivity index (χ0) is 22.2. The molecule has 3 aromatic rings. The summed E-state index contributed by atoms with van der Waals surface area (Å²) in [5, 5.41) is 2.80. The van der Waals surface area contributed by atoms with Crippen molar-refractivity contribution in [1.82, 2.24) is 0 Å². The Labute approximate surface area is 182 Å². The number of halogens is 3. The fourth-order valence-electron chi connectivity index (χ4n) is 3.10. The molecule has 0 aliphatic carbocycles. The topological polar surface area (TPSA) is 75.7 Å². The first kappa shape index (κ1) is 21.1. The molecule has 6 nitrogen and oxygen atoms in total. The van der Waals surface area contributed by atoms with E-state index in [9.17, 15) is 22.0 Å². The van der Waals surface area contributed by atoms with Gasteiger partial charge in [-0.3, -0.25) is 9.10 Å². The summed E-state index contributed by atoms with van der Waals surface area (Å²) < 4.78 is 59.9. The van der Waals surface area contributed by atoms with Crippen molar-refractivity contribution in [2.24, 2.45) is 0 Å². The van der Waals surface area contributed by atoms with Crippen LogP contribution < -0.4 is 14.4 Å². The van der Waals surface area contributed by atoms with Gasteiger partial charge in [0, 0.05) is 16.8 Å². The summed E-state index contributed by atoms with van der Waals surface area (Å²) in [4.78, 5) is 12.7. The predicted molar refractivity (Wildman–Crippen MR) is 112 cm³/mol. The van der Waals surface area contributed by atoms with Gasteiger partial charge in [0.05, 0.1) is 17.1 Å². The fourth-order valence-corrected chi connectivity index (χ4v) is 4.70. The highest BCUT2D eigenvalue weighted by atomic mass is 35.5. The van der Waals surface area contributed by atoms with Crippen LogP contribution in [0.2, 0.25) is 5.02 Å². The lowest BCUT2D eigenvalue weighted by atomic mass is 10.2. The molecule has 1 atom stereocenters. The smallest absolute Gasteiger partial charge is 0.267 e. The van der Waals surface area contributed by atoms with E-state index in [1.807, 2.05) is 0 Å². The number of hydrogen-bond acceptors (Lipinski definition) is 4. The summed E-state index contributed by atoms with van der Waals surface area (Å²) in [7, 11) is -4.04. The molecule has 0 aromatic heterocycles. The number of nitrogens with zero attached hydrogens (tertiary/aromatic N) is 1. The number of para-hydroxylation sites is 2. The fraction of sp³-hybridized carbons (Fsp3) is 0.0952. The average molecular weight is 465 g/mol. The van der Waals surface area contributed by atoms with Crippen molar-refractivity contribution >= 4 is 38.9 Å². The van der Waals surface area contributed by atoms with Gasteiger partial charge < -0.3 is 10.1 Å². The number of fused-ring (bicyclic) bond motifs is 1. The van der Waals surface area contributed by atoms with Crippen molar-refractivity contribution < 1.29 is 26.7 Å². The largest absolute Gasteiger partial charge is 0.476 e. The van der Waals surface area contributed by atoms with Gasteiger partial charge in [-0.1, -0.05) is 23.7 Å². The SMILES string of the molecule is O=C(Nc1ccc(F)c(F)c1)[C@@H]1CN(S(=O)(=O)c2ccc(Cl)cc2)c2ccccc2O1. The third-order valence-electron chi connectivity index (χ3n) is 4.62. The molecule has 4 rings (SSSR count). The van der Waals surface area contributed by atoms with Crippen LogP contribution in [0, 0.1) is 11.6 Å². The van der Waals surface area contributed by atoms with Gasteiger partial charge in [-0.2, -0.15) is 0 Å². The van der Waals surface area contributed by atoms with Crippen LogP contribution in [0.15, 0.2) is 71.6 Å². The second kappa shape index (κ2) is 8.16. The zero-order valence-corrected chi connectivity index (χ0v) is 17.3. The zero-order valence-electron chi connectivity index (χ0n) is 15.8. The van der Waals surface area contributed by atoms with Gasteiger partial charge in [-0.15, -0.1) is 0 Å². The highest BCUT2D eigenvalue weighted by Gasteiger charge is 2.37. The van der Waals surface area contributed by atoms with Crippen LogP contribution in [0.25, 0.3) is 0 Å². The van der Waals surface area contributed by atoms with Gasteiger partial charge in [0.1, 0.15) is 5.75 Å². The van der Waals surface area contributed by atoms with E-state index < -0.39 is 33.7 Å². The number of carbonyl (C=O) groups excluding carboxylic acids is 1. The Balaban J connectivity index is 1.66.